The molecule has 0 radical (unpaired) electrons. The van der Waals surface area contributed by atoms with Gasteiger partial charge in [0.05, 0.1) is 6.04 Å². The van der Waals surface area contributed by atoms with Gasteiger partial charge in [0.1, 0.15) is 0 Å². The van der Waals surface area contributed by atoms with Gasteiger partial charge in [-0.3, -0.25) is 0 Å². The van der Waals surface area contributed by atoms with Crippen molar-refractivity contribution in [3.8, 4) is 0 Å². The summed E-state index contributed by atoms with van der Waals surface area (Å²) in [4.78, 5) is 0. The molecule has 2 heteroatoms. The van der Waals surface area contributed by atoms with Crippen LogP contribution in [0, 0.1) is 20.8 Å². The fourth-order valence-corrected chi connectivity index (χ4v) is 2.33. The van der Waals surface area contributed by atoms with Crippen molar-refractivity contribution in [1.82, 2.24) is 0 Å². The number of hydrogen-bond donors (Lipinski definition) is 2. The summed E-state index contributed by atoms with van der Waals surface area (Å²) in [6.45, 7) is 6.93. The molecule has 0 amide bonds. The first-order chi connectivity index (χ1) is 9.10. The van der Waals surface area contributed by atoms with Crippen LogP contribution in [-0.2, 0) is 0 Å². The third-order valence-corrected chi connectivity index (χ3v) is 3.43. The van der Waals surface area contributed by atoms with Gasteiger partial charge >= 0.3 is 0 Å². The molecule has 2 aromatic rings. The Morgan fingerprint density at radius 2 is 1.58 bits per heavy atom. The molecule has 1 atom stereocenters. The van der Waals surface area contributed by atoms with Crippen molar-refractivity contribution in [3.63, 3.8) is 0 Å². The maximum atomic E-state index is 5.93. The van der Waals surface area contributed by atoms with Gasteiger partial charge in [0.25, 0.3) is 0 Å². The minimum Gasteiger partial charge on any atom is -0.377 e. The Hall–Kier alpha value is -1.80. The van der Waals surface area contributed by atoms with Crippen molar-refractivity contribution in [2.24, 2.45) is 5.73 Å². The molecule has 0 heterocycles. The molecule has 0 aromatic heterocycles. The van der Waals surface area contributed by atoms with Gasteiger partial charge in [-0.15, -0.1) is 0 Å². The average Bonchev–Trinajstić information content (AvgIpc) is 2.39. The third kappa shape index (κ3) is 3.36. The van der Waals surface area contributed by atoms with Crippen LogP contribution in [0.5, 0.6) is 0 Å². The summed E-state index contributed by atoms with van der Waals surface area (Å²) in [6, 6.07) is 15.1. The molecule has 2 nitrogen and oxygen atoms in total. The summed E-state index contributed by atoms with van der Waals surface area (Å²) in [5, 5.41) is 3.51. The SMILES string of the molecule is Cc1ccc(NC(CN)c2ccc(C)cc2C)cc1. The second-order valence-corrected chi connectivity index (χ2v) is 5.16. The quantitative estimate of drug-likeness (QED) is 0.872. The molecule has 100 valence electrons. The maximum Gasteiger partial charge on any atom is 0.0638 e. The van der Waals surface area contributed by atoms with E-state index < -0.39 is 0 Å². The highest BCUT2D eigenvalue weighted by Crippen LogP contribution is 2.22. The zero-order valence-electron chi connectivity index (χ0n) is 11.9. The largest absolute Gasteiger partial charge is 0.377 e. The van der Waals surface area contributed by atoms with E-state index in [1.165, 1.54) is 22.3 Å². The number of anilines is 1. The standard InChI is InChI=1S/C17H22N2/c1-12-4-7-15(8-5-12)19-17(11-18)16-9-6-13(2)10-14(16)3/h4-10,17,19H,11,18H2,1-3H3. The number of aryl methyl sites for hydroxylation is 3. The van der Waals surface area contributed by atoms with Gasteiger partial charge in [-0.1, -0.05) is 41.5 Å². The second-order valence-electron chi connectivity index (χ2n) is 5.16. The first-order valence-corrected chi connectivity index (χ1v) is 6.70. The molecule has 2 aromatic carbocycles. The van der Waals surface area contributed by atoms with Crippen LogP contribution < -0.4 is 11.1 Å². The number of nitrogens with two attached hydrogens (primary N) is 1. The van der Waals surface area contributed by atoms with Crippen molar-refractivity contribution in [2.45, 2.75) is 26.8 Å². The molecular weight excluding hydrogens is 232 g/mol. The van der Waals surface area contributed by atoms with Crippen LogP contribution in [0.3, 0.4) is 0 Å². The number of rotatable bonds is 4. The third-order valence-electron chi connectivity index (χ3n) is 3.43. The normalized spacial score (nSPS) is 12.2. The van der Waals surface area contributed by atoms with Gasteiger partial charge in [0.2, 0.25) is 0 Å². The lowest BCUT2D eigenvalue weighted by molar-refractivity contribution is 0.783. The highest BCUT2D eigenvalue weighted by Gasteiger charge is 2.11. The van der Waals surface area contributed by atoms with Crippen LogP contribution in [0.2, 0.25) is 0 Å². The minimum absolute atomic E-state index is 0.156. The maximum absolute atomic E-state index is 5.93. The van der Waals surface area contributed by atoms with Crippen LogP contribution in [0.25, 0.3) is 0 Å². The van der Waals surface area contributed by atoms with Gasteiger partial charge in [-0.25, -0.2) is 0 Å². The van der Waals surface area contributed by atoms with E-state index >= 15 is 0 Å². The lowest BCUT2D eigenvalue weighted by Gasteiger charge is -2.21. The monoisotopic (exact) mass is 254 g/mol. The average molecular weight is 254 g/mol. The highest BCUT2D eigenvalue weighted by atomic mass is 14.9. The molecule has 19 heavy (non-hydrogen) atoms. The van der Waals surface area contributed by atoms with Crippen LogP contribution in [0.1, 0.15) is 28.3 Å². The molecule has 0 bridgehead atoms. The van der Waals surface area contributed by atoms with Gasteiger partial charge in [0.15, 0.2) is 0 Å². The summed E-state index contributed by atoms with van der Waals surface area (Å²) in [7, 11) is 0. The van der Waals surface area contributed by atoms with E-state index in [-0.39, 0.29) is 6.04 Å². The molecule has 1 unspecified atom stereocenters. The fourth-order valence-electron chi connectivity index (χ4n) is 2.33. The van der Waals surface area contributed by atoms with Crippen LogP contribution in [-0.4, -0.2) is 6.54 Å². The Kier molecular flexibility index (Phi) is 4.23. The van der Waals surface area contributed by atoms with Crippen molar-refractivity contribution >= 4 is 5.69 Å². The lowest BCUT2D eigenvalue weighted by atomic mass is 9.99. The molecule has 0 aliphatic heterocycles. The Morgan fingerprint density at radius 3 is 2.16 bits per heavy atom. The van der Waals surface area contributed by atoms with E-state index in [4.69, 9.17) is 5.73 Å². The topological polar surface area (TPSA) is 38.0 Å². The Balaban J connectivity index is 2.22. The predicted octanol–water partition coefficient (Wildman–Crippen LogP) is 3.72. The summed E-state index contributed by atoms with van der Waals surface area (Å²) in [5.41, 5.74) is 12.1. The number of hydrogen-bond acceptors (Lipinski definition) is 2. The Labute approximate surface area is 115 Å². The highest BCUT2D eigenvalue weighted by molar-refractivity contribution is 5.48. The van der Waals surface area contributed by atoms with Crippen molar-refractivity contribution in [2.75, 3.05) is 11.9 Å². The summed E-state index contributed by atoms with van der Waals surface area (Å²) < 4.78 is 0. The zero-order chi connectivity index (χ0) is 13.8. The molecule has 0 aliphatic rings. The summed E-state index contributed by atoms with van der Waals surface area (Å²) in [6.07, 6.45) is 0. The smallest absolute Gasteiger partial charge is 0.0638 e. The zero-order valence-corrected chi connectivity index (χ0v) is 11.9. The summed E-state index contributed by atoms with van der Waals surface area (Å²) >= 11 is 0. The van der Waals surface area contributed by atoms with E-state index in [0.29, 0.717) is 6.54 Å². The second kappa shape index (κ2) is 5.89. The molecule has 0 aliphatic carbocycles. The van der Waals surface area contributed by atoms with Crippen molar-refractivity contribution < 1.29 is 0 Å². The molecular formula is C17H22N2. The van der Waals surface area contributed by atoms with E-state index in [1.54, 1.807) is 0 Å². The molecule has 2 rings (SSSR count). The molecule has 0 spiro atoms. The first kappa shape index (κ1) is 13.6. The fraction of sp³-hybridized carbons (Fsp3) is 0.294. The van der Waals surface area contributed by atoms with E-state index in [0.717, 1.165) is 5.69 Å². The Morgan fingerprint density at radius 1 is 0.947 bits per heavy atom. The van der Waals surface area contributed by atoms with Crippen molar-refractivity contribution in [3.05, 3.63) is 64.7 Å². The van der Waals surface area contributed by atoms with Crippen LogP contribution >= 0.6 is 0 Å². The molecule has 3 N–H and O–H groups in total. The van der Waals surface area contributed by atoms with Crippen LogP contribution in [0.4, 0.5) is 5.69 Å². The van der Waals surface area contributed by atoms with Gasteiger partial charge < -0.3 is 11.1 Å². The lowest BCUT2D eigenvalue weighted by Crippen LogP contribution is -2.21. The Bertz CT molecular complexity index is 544. The summed E-state index contributed by atoms with van der Waals surface area (Å²) in [5.74, 6) is 0. The van der Waals surface area contributed by atoms with Gasteiger partial charge in [-0.2, -0.15) is 0 Å². The minimum atomic E-state index is 0.156. The van der Waals surface area contributed by atoms with E-state index in [1.807, 2.05) is 0 Å². The van der Waals surface area contributed by atoms with Gasteiger partial charge in [0, 0.05) is 12.2 Å². The first-order valence-electron chi connectivity index (χ1n) is 6.70. The molecule has 0 fully saturated rings. The molecule has 0 saturated heterocycles. The van der Waals surface area contributed by atoms with Crippen LogP contribution in [0.15, 0.2) is 42.5 Å². The predicted molar refractivity (Wildman–Crippen MR) is 82.5 cm³/mol. The number of benzene rings is 2. The molecule has 0 saturated carbocycles. The number of nitrogens with one attached hydrogen (secondary N) is 1. The van der Waals surface area contributed by atoms with Gasteiger partial charge in [-0.05, 0) is 44.0 Å². The van der Waals surface area contributed by atoms with E-state index in [9.17, 15) is 0 Å². The van der Waals surface area contributed by atoms with Crippen molar-refractivity contribution in [1.29, 1.82) is 0 Å². The van der Waals surface area contributed by atoms with E-state index in [2.05, 4.69) is 68.6 Å².